The zero-order valence-corrected chi connectivity index (χ0v) is 11.5. The fraction of sp³-hybridized carbons (Fsp3) is 0.667. The van der Waals surface area contributed by atoms with Crippen LogP contribution in [0.25, 0.3) is 0 Å². The fourth-order valence-electron chi connectivity index (χ4n) is 2.54. The minimum Gasteiger partial charge on any atom is -0.313 e. The summed E-state index contributed by atoms with van der Waals surface area (Å²) in [4.78, 5) is 6.90. The normalized spacial score (nSPS) is 16.9. The molecule has 3 nitrogen and oxygen atoms in total. The van der Waals surface area contributed by atoms with E-state index in [4.69, 9.17) is 0 Å². The Labute approximate surface area is 111 Å². The van der Waals surface area contributed by atoms with Gasteiger partial charge in [-0.3, -0.25) is 4.98 Å². The molecule has 0 atom stereocenters. The number of nitrogens with zero attached hydrogens (tertiary/aromatic N) is 2. The first-order chi connectivity index (χ1) is 8.86. The van der Waals surface area contributed by atoms with E-state index in [9.17, 15) is 0 Å². The lowest BCUT2D eigenvalue weighted by atomic mass is 10.1. The first-order valence-corrected chi connectivity index (χ1v) is 7.20. The van der Waals surface area contributed by atoms with Crippen LogP contribution >= 0.6 is 0 Å². The van der Waals surface area contributed by atoms with Crippen LogP contribution in [0.2, 0.25) is 0 Å². The highest BCUT2D eigenvalue weighted by molar-refractivity contribution is 5.17. The lowest BCUT2D eigenvalue weighted by Crippen LogP contribution is -2.32. The lowest BCUT2D eigenvalue weighted by molar-refractivity contribution is 0.225. The Morgan fingerprint density at radius 3 is 2.89 bits per heavy atom. The van der Waals surface area contributed by atoms with E-state index in [1.807, 2.05) is 12.3 Å². The average molecular weight is 247 g/mol. The molecular formula is C15H25N3. The molecule has 1 aliphatic rings. The Morgan fingerprint density at radius 1 is 1.28 bits per heavy atom. The van der Waals surface area contributed by atoms with E-state index in [1.54, 1.807) is 0 Å². The smallest absolute Gasteiger partial charge is 0.0417 e. The lowest BCUT2D eigenvalue weighted by Gasteiger charge is -2.26. The van der Waals surface area contributed by atoms with Gasteiger partial charge in [0.2, 0.25) is 0 Å². The summed E-state index contributed by atoms with van der Waals surface area (Å²) in [5, 5.41) is 3.52. The number of rotatable bonds is 6. The maximum Gasteiger partial charge on any atom is 0.0417 e. The van der Waals surface area contributed by atoms with Crippen LogP contribution in [-0.4, -0.2) is 36.1 Å². The number of hydrogen-bond donors (Lipinski definition) is 1. The molecule has 0 aliphatic carbocycles. The summed E-state index contributed by atoms with van der Waals surface area (Å²) in [6, 6.07) is 4.16. The van der Waals surface area contributed by atoms with Gasteiger partial charge in [0.25, 0.3) is 0 Å². The third-order valence-electron chi connectivity index (χ3n) is 3.71. The minimum absolute atomic E-state index is 0.944. The summed E-state index contributed by atoms with van der Waals surface area (Å²) < 4.78 is 0. The van der Waals surface area contributed by atoms with Gasteiger partial charge in [0.1, 0.15) is 0 Å². The largest absolute Gasteiger partial charge is 0.313 e. The van der Waals surface area contributed by atoms with Gasteiger partial charge in [0.15, 0.2) is 0 Å². The summed E-state index contributed by atoms with van der Waals surface area (Å²) in [5.41, 5.74) is 2.46. The molecule has 0 aromatic carbocycles. The Morgan fingerprint density at radius 2 is 2.11 bits per heavy atom. The number of pyridine rings is 1. The summed E-state index contributed by atoms with van der Waals surface area (Å²) in [6.07, 6.45) is 7.31. The molecule has 1 N–H and O–H groups in total. The summed E-state index contributed by atoms with van der Waals surface area (Å²) in [7, 11) is 0. The Hall–Kier alpha value is -0.930. The van der Waals surface area contributed by atoms with Crippen molar-refractivity contribution in [3.05, 3.63) is 29.6 Å². The molecule has 2 rings (SSSR count). The number of hydrogen-bond acceptors (Lipinski definition) is 3. The van der Waals surface area contributed by atoms with E-state index in [-0.39, 0.29) is 0 Å². The molecule has 0 spiro atoms. The highest BCUT2D eigenvalue weighted by atomic mass is 15.1. The number of nitrogens with one attached hydrogen (secondary N) is 1. The van der Waals surface area contributed by atoms with Crippen molar-refractivity contribution in [3.63, 3.8) is 0 Å². The van der Waals surface area contributed by atoms with E-state index in [1.165, 1.54) is 50.9 Å². The van der Waals surface area contributed by atoms with Gasteiger partial charge in [-0.15, -0.1) is 0 Å². The zero-order valence-electron chi connectivity index (χ0n) is 11.5. The van der Waals surface area contributed by atoms with Gasteiger partial charge in [-0.05, 0) is 64.0 Å². The molecule has 18 heavy (non-hydrogen) atoms. The zero-order chi connectivity index (χ0) is 12.6. The molecule has 1 saturated heterocycles. The second-order valence-electron chi connectivity index (χ2n) is 5.18. The molecular weight excluding hydrogens is 222 g/mol. The number of likely N-dealkylation sites (tertiary alicyclic amines) is 1. The molecule has 1 fully saturated rings. The van der Waals surface area contributed by atoms with Gasteiger partial charge in [-0.2, -0.15) is 0 Å². The Kier molecular flexibility index (Phi) is 5.62. The van der Waals surface area contributed by atoms with Crippen molar-refractivity contribution < 1.29 is 0 Å². The van der Waals surface area contributed by atoms with Crippen LogP contribution in [0.4, 0.5) is 0 Å². The van der Waals surface area contributed by atoms with Gasteiger partial charge in [-0.1, -0.05) is 12.5 Å². The standard InChI is InChI=1S/C15H25N3/c1-14-15(7-5-9-17-14)13-16-8-6-12-18-10-3-2-4-11-18/h5,7,9,16H,2-4,6,8,10-13H2,1H3. The highest BCUT2D eigenvalue weighted by Crippen LogP contribution is 2.08. The monoisotopic (exact) mass is 247 g/mol. The number of aromatic nitrogens is 1. The predicted octanol–water partition coefficient (Wildman–Crippen LogP) is 2.36. The first kappa shape index (κ1) is 13.5. The van der Waals surface area contributed by atoms with Crippen LogP contribution in [-0.2, 0) is 6.54 Å². The first-order valence-electron chi connectivity index (χ1n) is 7.20. The quantitative estimate of drug-likeness (QED) is 0.782. The fourth-order valence-corrected chi connectivity index (χ4v) is 2.54. The van der Waals surface area contributed by atoms with Gasteiger partial charge < -0.3 is 10.2 Å². The SMILES string of the molecule is Cc1ncccc1CNCCCN1CCCCC1. The van der Waals surface area contributed by atoms with Crippen LogP contribution < -0.4 is 5.32 Å². The van der Waals surface area contributed by atoms with E-state index in [2.05, 4.69) is 28.2 Å². The van der Waals surface area contributed by atoms with Crippen LogP contribution in [0.5, 0.6) is 0 Å². The molecule has 1 aromatic heterocycles. The van der Waals surface area contributed by atoms with E-state index >= 15 is 0 Å². The molecule has 1 aliphatic heterocycles. The highest BCUT2D eigenvalue weighted by Gasteiger charge is 2.08. The van der Waals surface area contributed by atoms with E-state index in [0.29, 0.717) is 0 Å². The molecule has 0 saturated carbocycles. The van der Waals surface area contributed by atoms with Gasteiger partial charge in [0, 0.05) is 18.4 Å². The molecule has 0 radical (unpaired) electrons. The third-order valence-corrected chi connectivity index (χ3v) is 3.71. The maximum absolute atomic E-state index is 4.30. The second-order valence-corrected chi connectivity index (χ2v) is 5.18. The molecule has 2 heterocycles. The Balaban J connectivity index is 1.57. The predicted molar refractivity (Wildman–Crippen MR) is 75.6 cm³/mol. The summed E-state index contributed by atoms with van der Waals surface area (Å²) >= 11 is 0. The second kappa shape index (κ2) is 7.49. The van der Waals surface area contributed by atoms with Gasteiger partial charge in [-0.25, -0.2) is 0 Å². The van der Waals surface area contributed by atoms with Crippen molar-refractivity contribution in [2.24, 2.45) is 0 Å². The van der Waals surface area contributed by atoms with Crippen molar-refractivity contribution in [2.45, 2.75) is 39.2 Å². The van der Waals surface area contributed by atoms with Crippen LogP contribution in [0.1, 0.15) is 36.9 Å². The van der Waals surface area contributed by atoms with Gasteiger partial charge >= 0.3 is 0 Å². The average Bonchev–Trinajstić information content (AvgIpc) is 2.42. The molecule has 3 heteroatoms. The van der Waals surface area contributed by atoms with Crippen molar-refractivity contribution in [2.75, 3.05) is 26.2 Å². The Bertz CT molecular complexity index is 345. The van der Waals surface area contributed by atoms with Crippen LogP contribution in [0.3, 0.4) is 0 Å². The topological polar surface area (TPSA) is 28.2 Å². The van der Waals surface area contributed by atoms with Gasteiger partial charge in [0.05, 0.1) is 0 Å². The molecule has 0 amide bonds. The number of piperidine rings is 1. The minimum atomic E-state index is 0.944. The van der Waals surface area contributed by atoms with Crippen molar-refractivity contribution in [1.29, 1.82) is 0 Å². The van der Waals surface area contributed by atoms with Crippen molar-refractivity contribution in [3.8, 4) is 0 Å². The summed E-state index contributed by atoms with van der Waals surface area (Å²) in [6.45, 7) is 7.98. The summed E-state index contributed by atoms with van der Waals surface area (Å²) in [5.74, 6) is 0. The molecule has 1 aromatic rings. The van der Waals surface area contributed by atoms with Crippen LogP contribution in [0.15, 0.2) is 18.3 Å². The van der Waals surface area contributed by atoms with E-state index in [0.717, 1.165) is 18.8 Å². The van der Waals surface area contributed by atoms with Crippen molar-refractivity contribution in [1.82, 2.24) is 15.2 Å². The number of aryl methyl sites for hydroxylation is 1. The molecule has 0 bridgehead atoms. The van der Waals surface area contributed by atoms with Crippen molar-refractivity contribution >= 4 is 0 Å². The van der Waals surface area contributed by atoms with Crippen LogP contribution in [0, 0.1) is 6.92 Å². The maximum atomic E-state index is 4.30. The third kappa shape index (κ3) is 4.39. The van der Waals surface area contributed by atoms with E-state index < -0.39 is 0 Å². The molecule has 100 valence electrons. The molecule has 0 unspecified atom stereocenters.